The Bertz CT molecular complexity index is 494. The minimum absolute atomic E-state index is 0.544. The van der Waals surface area contributed by atoms with Crippen LogP contribution in [0.25, 0.3) is 0 Å². The summed E-state index contributed by atoms with van der Waals surface area (Å²) in [5, 5.41) is 4.11. The summed E-state index contributed by atoms with van der Waals surface area (Å²) in [5.74, 6) is 0.716. The first kappa shape index (κ1) is 12.3. The molecule has 0 atom stereocenters. The molecule has 0 bridgehead atoms. The predicted molar refractivity (Wildman–Crippen MR) is 72.9 cm³/mol. The lowest BCUT2D eigenvalue weighted by atomic mass is 10.2. The Kier molecular flexibility index (Phi) is 3.72. The molecule has 0 fully saturated rings. The first-order valence-electron chi connectivity index (χ1n) is 5.84. The predicted octanol–water partition coefficient (Wildman–Crippen LogP) is 1.61. The molecule has 5 nitrogen and oxygen atoms in total. The van der Waals surface area contributed by atoms with Crippen LogP contribution < -0.4 is 15.4 Å². The maximum absolute atomic E-state index is 5.88. The molecule has 0 unspecified atom stereocenters. The molecule has 2 aromatic rings. The van der Waals surface area contributed by atoms with Crippen molar-refractivity contribution in [2.45, 2.75) is 6.54 Å². The quantitative estimate of drug-likeness (QED) is 0.814. The molecule has 0 aliphatic carbocycles. The highest BCUT2D eigenvalue weighted by Crippen LogP contribution is 2.26. The van der Waals surface area contributed by atoms with E-state index in [0.29, 0.717) is 24.6 Å². The lowest BCUT2D eigenvalue weighted by molar-refractivity contribution is 0.293. The number of anilines is 2. The molecule has 0 saturated heterocycles. The van der Waals surface area contributed by atoms with E-state index >= 15 is 0 Å². The van der Waals surface area contributed by atoms with Gasteiger partial charge in [0.1, 0.15) is 12.4 Å². The van der Waals surface area contributed by atoms with Gasteiger partial charge in [-0.15, -0.1) is 0 Å². The zero-order valence-electron chi connectivity index (χ0n) is 10.7. The summed E-state index contributed by atoms with van der Waals surface area (Å²) in [6.07, 6.45) is 3.66. The van der Waals surface area contributed by atoms with Gasteiger partial charge in [-0.3, -0.25) is 4.68 Å². The summed E-state index contributed by atoms with van der Waals surface area (Å²) in [4.78, 5) is 2.01. The van der Waals surface area contributed by atoms with E-state index < -0.39 is 0 Å². The third kappa shape index (κ3) is 2.94. The Morgan fingerprint density at radius 3 is 2.89 bits per heavy atom. The Balaban J connectivity index is 1.97. The van der Waals surface area contributed by atoms with E-state index in [9.17, 15) is 0 Å². The van der Waals surface area contributed by atoms with Crippen LogP contribution in [0, 0.1) is 0 Å². The topological polar surface area (TPSA) is 56.3 Å². The molecule has 0 saturated carbocycles. The highest BCUT2D eigenvalue weighted by atomic mass is 16.5. The molecule has 0 amide bonds. The van der Waals surface area contributed by atoms with Crippen LogP contribution in [0.15, 0.2) is 36.7 Å². The van der Waals surface area contributed by atoms with E-state index in [0.717, 1.165) is 5.69 Å². The standard InChI is InChI=1S/C13H18N4O/c1-16(2)11-4-5-12(14)13(10-11)18-9-8-17-7-3-6-15-17/h3-7,10H,8-9,14H2,1-2H3. The minimum atomic E-state index is 0.544. The average Bonchev–Trinajstić information content (AvgIpc) is 2.84. The molecule has 1 aromatic carbocycles. The third-order valence-electron chi connectivity index (χ3n) is 2.65. The van der Waals surface area contributed by atoms with E-state index in [4.69, 9.17) is 10.5 Å². The van der Waals surface area contributed by atoms with Crippen molar-refractivity contribution in [1.82, 2.24) is 9.78 Å². The Morgan fingerprint density at radius 2 is 2.22 bits per heavy atom. The van der Waals surface area contributed by atoms with Crippen LogP contribution in [-0.4, -0.2) is 30.5 Å². The zero-order valence-corrected chi connectivity index (χ0v) is 10.7. The van der Waals surface area contributed by atoms with Crippen LogP contribution in [0.4, 0.5) is 11.4 Å². The van der Waals surface area contributed by atoms with E-state index in [-0.39, 0.29) is 0 Å². The zero-order chi connectivity index (χ0) is 13.0. The molecule has 2 N–H and O–H groups in total. The summed E-state index contributed by atoms with van der Waals surface area (Å²) in [6, 6.07) is 7.66. The van der Waals surface area contributed by atoms with Crippen LogP contribution in [-0.2, 0) is 6.54 Å². The fourth-order valence-electron chi connectivity index (χ4n) is 1.61. The molecule has 2 rings (SSSR count). The molecule has 18 heavy (non-hydrogen) atoms. The number of hydrogen-bond donors (Lipinski definition) is 1. The van der Waals surface area contributed by atoms with Gasteiger partial charge in [0.15, 0.2) is 0 Å². The summed E-state index contributed by atoms with van der Waals surface area (Å²) >= 11 is 0. The van der Waals surface area contributed by atoms with Gasteiger partial charge in [0.2, 0.25) is 0 Å². The van der Waals surface area contributed by atoms with Gasteiger partial charge in [-0.1, -0.05) is 0 Å². The number of rotatable bonds is 5. The highest BCUT2D eigenvalue weighted by Gasteiger charge is 2.04. The van der Waals surface area contributed by atoms with Crippen molar-refractivity contribution < 1.29 is 4.74 Å². The molecular formula is C13H18N4O. The largest absolute Gasteiger partial charge is 0.489 e. The molecule has 1 aromatic heterocycles. The number of nitrogens with zero attached hydrogens (tertiary/aromatic N) is 3. The van der Waals surface area contributed by atoms with Crippen LogP contribution >= 0.6 is 0 Å². The number of hydrogen-bond acceptors (Lipinski definition) is 4. The average molecular weight is 246 g/mol. The molecule has 0 spiro atoms. The number of nitrogens with two attached hydrogens (primary N) is 1. The number of ether oxygens (including phenoxy) is 1. The van der Waals surface area contributed by atoms with Crippen molar-refractivity contribution in [3.05, 3.63) is 36.7 Å². The molecule has 0 aliphatic heterocycles. The van der Waals surface area contributed by atoms with Crippen LogP contribution in [0.1, 0.15) is 0 Å². The van der Waals surface area contributed by atoms with Gasteiger partial charge in [0, 0.05) is 38.2 Å². The second kappa shape index (κ2) is 5.44. The molecule has 0 radical (unpaired) electrons. The summed E-state index contributed by atoms with van der Waals surface area (Å²) in [7, 11) is 3.97. The van der Waals surface area contributed by atoms with Crippen molar-refractivity contribution in [3.63, 3.8) is 0 Å². The fourth-order valence-corrected chi connectivity index (χ4v) is 1.61. The second-order valence-electron chi connectivity index (χ2n) is 4.23. The van der Waals surface area contributed by atoms with Gasteiger partial charge in [-0.25, -0.2) is 0 Å². The van der Waals surface area contributed by atoms with Gasteiger partial charge < -0.3 is 15.4 Å². The van der Waals surface area contributed by atoms with Crippen LogP contribution in [0.2, 0.25) is 0 Å². The Morgan fingerprint density at radius 1 is 1.39 bits per heavy atom. The number of aromatic nitrogens is 2. The molecule has 96 valence electrons. The van der Waals surface area contributed by atoms with Crippen molar-refractivity contribution in [3.8, 4) is 5.75 Å². The van der Waals surface area contributed by atoms with Crippen molar-refractivity contribution in [1.29, 1.82) is 0 Å². The lowest BCUT2D eigenvalue weighted by Crippen LogP contribution is -2.11. The first-order chi connectivity index (χ1) is 8.66. The maximum Gasteiger partial charge on any atom is 0.144 e. The van der Waals surface area contributed by atoms with Gasteiger partial charge >= 0.3 is 0 Å². The molecule has 1 heterocycles. The van der Waals surface area contributed by atoms with E-state index in [1.165, 1.54) is 0 Å². The number of benzene rings is 1. The Labute approximate surface area is 107 Å². The van der Waals surface area contributed by atoms with Crippen molar-refractivity contribution in [2.75, 3.05) is 31.3 Å². The second-order valence-corrected chi connectivity index (χ2v) is 4.23. The smallest absolute Gasteiger partial charge is 0.144 e. The monoisotopic (exact) mass is 246 g/mol. The third-order valence-corrected chi connectivity index (χ3v) is 2.65. The van der Waals surface area contributed by atoms with Gasteiger partial charge in [0.05, 0.1) is 12.2 Å². The molecular weight excluding hydrogens is 228 g/mol. The fraction of sp³-hybridized carbons (Fsp3) is 0.308. The maximum atomic E-state index is 5.88. The van der Waals surface area contributed by atoms with Gasteiger partial charge in [-0.2, -0.15) is 5.10 Å². The highest BCUT2D eigenvalue weighted by molar-refractivity contribution is 5.61. The van der Waals surface area contributed by atoms with Crippen LogP contribution in [0.5, 0.6) is 5.75 Å². The summed E-state index contributed by atoms with van der Waals surface area (Å²) < 4.78 is 7.51. The van der Waals surface area contributed by atoms with Gasteiger partial charge in [0.25, 0.3) is 0 Å². The number of nitrogen functional groups attached to an aromatic ring is 1. The first-order valence-corrected chi connectivity index (χ1v) is 5.84. The van der Waals surface area contributed by atoms with E-state index in [1.807, 2.05) is 54.1 Å². The SMILES string of the molecule is CN(C)c1ccc(N)c(OCCn2cccn2)c1. The van der Waals surface area contributed by atoms with Crippen LogP contribution in [0.3, 0.4) is 0 Å². The normalized spacial score (nSPS) is 10.3. The van der Waals surface area contributed by atoms with Gasteiger partial charge in [-0.05, 0) is 18.2 Å². The summed E-state index contributed by atoms with van der Waals surface area (Å²) in [5.41, 5.74) is 7.60. The summed E-state index contributed by atoms with van der Waals surface area (Å²) in [6.45, 7) is 1.25. The van der Waals surface area contributed by atoms with Crippen molar-refractivity contribution in [2.24, 2.45) is 0 Å². The Hall–Kier alpha value is -2.17. The van der Waals surface area contributed by atoms with E-state index in [2.05, 4.69) is 5.10 Å². The molecule has 0 aliphatic rings. The lowest BCUT2D eigenvalue weighted by Gasteiger charge is -2.15. The molecule has 5 heteroatoms. The minimum Gasteiger partial charge on any atom is -0.489 e. The van der Waals surface area contributed by atoms with E-state index in [1.54, 1.807) is 6.20 Å². The van der Waals surface area contributed by atoms with Crippen molar-refractivity contribution >= 4 is 11.4 Å².